The molecule has 0 amide bonds. The Kier molecular flexibility index (Phi) is 5.49. The second-order valence-electron chi connectivity index (χ2n) is 9.11. The maximum Gasteiger partial charge on any atom is 0.341 e. The van der Waals surface area contributed by atoms with E-state index in [1.54, 1.807) is 17.4 Å². The number of rotatable bonds is 3. The number of hydrogen-bond acceptors (Lipinski definition) is 4. The summed E-state index contributed by atoms with van der Waals surface area (Å²) in [5.74, 6) is -1.21. The number of halogens is 2. The molecule has 1 saturated carbocycles. The van der Waals surface area contributed by atoms with Crippen molar-refractivity contribution in [3.63, 3.8) is 0 Å². The summed E-state index contributed by atoms with van der Waals surface area (Å²) in [5.41, 5.74) is 8.69. The van der Waals surface area contributed by atoms with Crippen molar-refractivity contribution in [1.82, 2.24) is 4.57 Å². The second-order valence-corrected chi connectivity index (χ2v) is 10.6. The predicted octanol–water partition coefficient (Wildman–Crippen LogP) is 5.81. The van der Waals surface area contributed by atoms with Crippen molar-refractivity contribution in [2.75, 3.05) is 0 Å². The molecule has 31 heavy (non-hydrogen) atoms. The Morgan fingerprint density at radius 3 is 2.68 bits per heavy atom. The van der Waals surface area contributed by atoms with Crippen molar-refractivity contribution in [1.29, 1.82) is 0 Å². The zero-order chi connectivity index (χ0) is 21.4. The monoisotopic (exact) mass is 478 g/mol. The van der Waals surface area contributed by atoms with E-state index in [9.17, 15) is 14.7 Å². The molecule has 3 aromatic rings. The van der Waals surface area contributed by atoms with Gasteiger partial charge in [0.25, 0.3) is 0 Å². The van der Waals surface area contributed by atoms with Crippen LogP contribution in [0.2, 0.25) is 5.02 Å². The Balaban J connectivity index is 0.00000231. The third kappa shape index (κ3) is 3.50. The van der Waals surface area contributed by atoms with Crippen LogP contribution in [-0.2, 0) is 6.42 Å². The van der Waals surface area contributed by atoms with Crippen LogP contribution in [0.4, 0.5) is 0 Å². The van der Waals surface area contributed by atoms with Crippen molar-refractivity contribution in [3.8, 4) is 10.4 Å². The number of benzene rings is 1. The molecule has 0 spiro atoms. The van der Waals surface area contributed by atoms with E-state index in [-0.39, 0.29) is 35.5 Å². The molecule has 0 bridgehead atoms. The average Bonchev–Trinajstić information content (AvgIpc) is 3.44. The van der Waals surface area contributed by atoms with Gasteiger partial charge in [-0.15, -0.1) is 23.7 Å². The predicted molar refractivity (Wildman–Crippen MR) is 128 cm³/mol. The largest absolute Gasteiger partial charge is 0.477 e. The fourth-order valence-corrected chi connectivity index (χ4v) is 6.27. The zero-order valence-electron chi connectivity index (χ0n) is 17.3. The van der Waals surface area contributed by atoms with Gasteiger partial charge >= 0.3 is 5.97 Å². The number of aryl methyl sites for hydroxylation is 1. The van der Waals surface area contributed by atoms with Gasteiger partial charge in [-0.1, -0.05) is 31.5 Å². The van der Waals surface area contributed by atoms with Gasteiger partial charge in [0, 0.05) is 39.0 Å². The Hall–Kier alpha value is -1.86. The molecular weight excluding hydrogens is 455 g/mol. The number of carboxylic acids is 1. The van der Waals surface area contributed by atoms with E-state index in [1.807, 2.05) is 10.6 Å². The highest BCUT2D eigenvalue weighted by Crippen LogP contribution is 2.49. The Bertz CT molecular complexity index is 1270. The van der Waals surface area contributed by atoms with E-state index >= 15 is 0 Å². The molecule has 3 N–H and O–H groups in total. The maximum absolute atomic E-state index is 12.8. The van der Waals surface area contributed by atoms with Gasteiger partial charge in [0.05, 0.1) is 10.5 Å². The molecule has 2 heterocycles. The van der Waals surface area contributed by atoms with E-state index in [0.29, 0.717) is 15.9 Å². The van der Waals surface area contributed by atoms with Crippen LogP contribution in [0.5, 0.6) is 0 Å². The molecule has 0 saturated heterocycles. The summed E-state index contributed by atoms with van der Waals surface area (Å²) in [6, 6.07) is 5.90. The summed E-state index contributed by atoms with van der Waals surface area (Å²) < 4.78 is 1.88. The van der Waals surface area contributed by atoms with E-state index in [2.05, 4.69) is 19.9 Å². The highest BCUT2D eigenvalue weighted by Gasteiger charge is 2.35. The van der Waals surface area contributed by atoms with Crippen molar-refractivity contribution in [2.45, 2.75) is 51.6 Å². The minimum absolute atomic E-state index is 0. The minimum Gasteiger partial charge on any atom is -0.477 e. The third-order valence-corrected chi connectivity index (χ3v) is 8.25. The number of carbonyl (C=O) groups is 1. The maximum atomic E-state index is 12.8. The Morgan fingerprint density at radius 2 is 2.03 bits per heavy atom. The summed E-state index contributed by atoms with van der Waals surface area (Å²) in [6.45, 7) is 4.41. The zero-order valence-corrected chi connectivity index (χ0v) is 19.7. The number of thiophene rings is 1. The molecule has 164 valence electrons. The first kappa shape index (κ1) is 22.3. The average molecular weight is 479 g/mol. The summed E-state index contributed by atoms with van der Waals surface area (Å²) >= 11 is 8.55. The van der Waals surface area contributed by atoms with Gasteiger partial charge in [-0.05, 0) is 48.8 Å². The number of fused-ring (bicyclic) bond motifs is 2. The second kappa shape index (κ2) is 7.62. The molecule has 1 fully saturated rings. The lowest BCUT2D eigenvalue weighted by atomic mass is 9.74. The molecule has 1 atom stereocenters. The highest BCUT2D eigenvalue weighted by atomic mass is 35.5. The number of pyridine rings is 1. The van der Waals surface area contributed by atoms with Gasteiger partial charge in [-0.25, -0.2) is 4.79 Å². The summed E-state index contributed by atoms with van der Waals surface area (Å²) in [6.07, 6.45) is 5.40. The smallest absolute Gasteiger partial charge is 0.341 e. The van der Waals surface area contributed by atoms with Crippen molar-refractivity contribution in [3.05, 3.63) is 55.6 Å². The molecule has 1 aromatic carbocycles. The molecular formula is C23H24Cl2N2O3S. The Labute approximate surface area is 195 Å². The fourth-order valence-electron chi connectivity index (χ4n) is 4.39. The molecule has 1 unspecified atom stereocenters. The normalized spacial score (nSPS) is 19.7. The van der Waals surface area contributed by atoms with Gasteiger partial charge in [-0.2, -0.15) is 0 Å². The van der Waals surface area contributed by atoms with Crippen LogP contribution in [0.1, 0.15) is 66.0 Å². The first-order valence-electron chi connectivity index (χ1n) is 10.2. The molecule has 0 aliphatic heterocycles. The fraction of sp³-hybridized carbons (Fsp3) is 0.391. The number of hydrogen-bond donors (Lipinski definition) is 2. The first-order valence-corrected chi connectivity index (χ1v) is 11.4. The summed E-state index contributed by atoms with van der Waals surface area (Å²) in [5, 5.41) is 10.3. The minimum atomic E-state index is -1.21. The molecule has 0 radical (unpaired) electrons. The molecule has 8 heteroatoms. The van der Waals surface area contributed by atoms with Crippen LogP contribution < -0.4 is 11.2 Å². The standard InChI is InChI=1S/C23H23ClN2O3S.ClH/c1-23(2)8-7-11-9-16(30-20(11)21(23)25)13-5-6-14-18(17(13)24)26(12-3-4-12)10-15(19(14)27)22(28)29;/h5-6,9-10,12,21H,3-4,7-8,25H2,1-2H3,(H,28,29);1H. The van der Waals surface area contributed by atoms with Crippen LogP contribution in [0.3, 0.4) is 0 Å². The molecule has 2 aromatic heterocycles. The number of nitrogens with two attached hydrogens (primary N) is 1. The molecule has 5 nitrogen and oxygen atoms in total. The van der Waals surface area contributed by atoms with E-state index in [1.165, 1.54) is 16.6 Å². The van der Waals surface area contributed by atoms with E-state index in [0.717, 1.165) is 36.1 Å². The van der Waals surface area contributed by atoms with Crippen molar-refractivity contribution >= 4 is 52.2 Å². The van der Waals surface area contributed by atoms with Gasteiger partial charge in [0.2, 0.25) is 5.43 Å². The number of nitrogens with zero attached hydrogens (tertiary/aromatic N) is 1. The number of aromatic nitrogens is 1. The van der Waals surface area contributed by atoms with E-state index in [4.69, 9.17) is 17.3 Å². The van der Waals surface area contributed by atoms with Gasteiger partial charge in [0.1, 0.15) is 5.56 Å². The topological polar surface area (TPSA) is 85.3 Å². The third-order valence-electron chi connectivity index (χ3n) is 6.57. The van der Waals surface area contributed by atoms with Crippen molar-refractivity contribution < 1.29 is 9.90 Å². The van der Waals surface area contributed by atoms with Crippen LogP contribution >= 0.6 is 35.3 Å². The van der Waals surface area contributed by atoms with Gasteiger partial charge < -0.3 is 15.4 Å². The summed E-state index contributed by atoms with van der Waals surface area (Å²) in [7, 11) is 0. The SMILES string of the molecule is CC1(C)CCc2cc(-c3ccc4c(=O)c(C(=O)O)cn(C5CC5)c4c3Cl)sc2C1N.Cl. The molecule has 2 aliphatic rings. The van der Waals surface area contributed by atoms with Gasteiger partial charge in [0.15, 0.2) is 0 Å². The lowest BCUT2D eigenvalue weighted by molar-refractivity contribution is 0.0695. The van der Waals surface area contributed by atoms with E-state index < -0.39 is 11.4 Å². The Morgan fingerprint density at radius 1 is 1.32 bits per heavy atom. The number of aromatic carboxylic acids is 1. The molecule has 5 rings (SSSR count). The van der Waals surface area contributed by atoms with Gasteiger partial charge in [-0.3, -0.25) is 4.79 Å². The molecule has 2 aliphatic carbocycles. The first-order chi connectivity index (χ1) is 14.2. The van der Waals surface area contributed by atoms with Crippen LogP contribution in [0, 0.1) is 5.41 Å². The highest BCUT2D eigenvalue weighted by molar-refractivity contribution is 7.15. The van der Waals surface area contributed by atoms with Crippen LogP contribution in [-0.4, -0.2) is 15.6 Å². The lowest BCUT2D eigenvalue weighted by Crippen LogP contribution is -2.32. The van der Waals surface area contributed by atoms with Crippen LogP contribution in [0.25, 0.3) is 21.3 Å². The quantitative estimate of drug-likeness (QED) is 0.497. The van der Waals surface area contributed by atoms with Crippen LogP contribution in [0.15, 0.2) is 29.2 Å². The lowest BCUT2D eigenvalue weighted by Gasteiger charge is -2.35. The summed E-state index contributed by atoms with van der Waals surface area (Å²) in [4.78, 5) is 26.6. The number of carboxylic acid groups (broad SMARTS) is 1. The van der Waals surface area contributed by atoms with Crippen molar-refractivity contribution in [2.24, 2.45) is 11.1 Å².